The van der Waals surface area contributed by atoms with Crippen LogP contribution in [0.5, 0.6) is 0 Å². The summed E-state index contributed by atoms with van der Waals surface area (Å²) < 4.78 is 25.7. The summed E-state index contributed by atoms with van der Waals surface area (Å²) >= 11 is 1.78. The van der Waals surface area contributed by atoms with E-state index in [2.05, 4.69) is 0 Å². The molecule has 1 fully saturated rings. The third-order valence-corrected chi connectivity index (χ3v) is 6.11. The predicted octanol–water partition coefficient (Wildman–Crippen LogP) is 1.45. The number of rotatable bonds is 3. The van der Waals surface area contributed by atoms with Crippen LogP contribution >= 0.6 is 11.8 Å². The van der Waals surface area contributed by atoms with E-state index in [1.54, 1.807) is 18.7 Å². The van der Waals surface area contributed by atoms with Crippen molar-refractivity contribution in [3.63, 3.8) is 0 Å². The lowest BCUT2D eigenvalue weighted by Crippen LogP contribution is -2.48. The molecular formula is C10H18N2O2S2. The SMILES string of the molecule is CCC(C#N)S(=O)(=O)N1CCSC(C)(C)C1. The predicted molar refractivity (Wildman–Crippen MR) is 66.7 cm³/mol. The van der Waals surface area contributed by atoms with Crippen LogP contribution < -0.4 is 0 Å². The Labute approximate surface area is 102 Å². The molecule has 0 bridgehead atoms. The van der Waals surface area contributed by atoms with Crippen LogP contribution in [0, 0.1) is 11.3 Å². The first-order chi connectivity index (χ1) is 7.33. The zero-order valence-corrected chi connectivity index (χ0v) is 11.6. The highest BCUT2D eigenvalue weighted by atomic mass is 32.2. The fraction of sp³-hybridized carbons (Fsp3) is 0.900. The highest BCUT2D eigenvalue weighted by Gasteiger charge is 2.37. The van der Waals surface area contributed by atoms with E-state index in [4.69, 9.17) is 5.26 Å². The van der Waals surface area contributed by atoms with Gasteiger partial charge >= 0.3 is 0 Å². The molecule has 1 rings (SSSR count). The van der Waals surface area contributed by atoms with E-state index >= 15 is 0 Å². The summed E-state index contributed by atoms with van der Waals surface area (Å²) in [5, 5.41) is 7.96. The Bertz CT molecular complexity index is 384. The van der Waals surface area contributed by atoms with Crippen LogP contribution in [0.1, 0.15) is 27.2 Å². The quantitative estimate of drug-likeness (QED) is 0.772. The standard InChI is InChI=1S/C10H18N2O2S2/c1-4-9(7-11)16(13,14)12-5-6-15-10(2,3)8-12/h9H,4-6,8H2,1-3H3. The molecule has 4 nitrogen and oxygen atoms in total. The van der Waals surface area contributed by atoms with Gasteiger partial charge in [0.2, 0.25) is 10.0 Å². The van der Waals surface area contributed by atoms with Gasteiger partial charge in [0.1, 0.15) is 0 Å². The van der Waals surface area contributed by atoms with Crippen LogP contribution in [0.4, 0.5) is 0 Å². The fourth-order valence-corrected chi connectivity index (χ4v) is 4.81. The highest BCUT2D eigenvalue weighted by Crippen LogP contribution is 2.31. The molecule has 6 heteroatoms. The second kappa shape index (κ2) is 4.94. The van der Waals surface area contributed by atoms with E-state index in [1.807, 2.05) is 19.9 Å². The maximum absolute atomic E-state index is 12.1. The summed E-state index contributed by atoms with van der Waals surface area (Å²) in [5.74, 6) is 0.800. The Morgan fingerprint density at radius 3 is 2.62 bits per heavy atom. The molecule has 0 aromatic carbocycles. The minimum atomic E-state index is -3.44. The van der Waals surface area contributed by atoms with Crippen LogP contribution in [0.25, 0.3) is 0 Å². The summed E-state index contributed by atoms with van der Waals surface area (Å²) in [5.41, 5.74) is 0. The lowest BCUT2D eigenvalue weighted by Gasteiger charge is -2.37. The molecule has 1 saturated heterocycles. The third kappa shape index (κ3) is 2.90. The van der Waals surface area contributed by atoms with Gasteiger partial charge in [-0.3, -0.25) is 0 Å². The summed E-state index contributed by atoms with van der Waals surface area (Å²) in [4.78, 5) is 0. The van der Waals surface area contributed by atoms with Crippen molar-refractivity contribution in [2.75, 3.05) is 18.8 Å². The second-order valence-corrected chi connectivity index (χ2v) is 8.43. The lowest BCUT2D eigenvalue weighted by atomic mass is 10.2. The molecule has 92 valence electrons. The molecule has 1 aliphatic heterocycles. The van der Waals surface area contributed by atoms with Crippen molar-refractivity contribution >= 4 is 21.8 Å². The van der Waals surface area contributed by atoms with E-state index in [1.165, 1.54) is 4.31 Å². The largest absolute Gasteiger partial charge is 0.230 e. The molecule has 0 aromatic rings. The molecular weight excluding hydrogens is 244 g/mol. The zero-order chi connectivity index (χ0) is 12.4. The Hall–Kier alpha value is -0.250. The van der Waals surface area contributed by atoms with Gasteiger partial charge in [-0.25, -0.2) is 8.42 Å². The van der Waals surface area contributed by atoms with E-state index in [0.29, 0.717) is 19.5 Å². The third-order valence-electron chi connectivity index (χ3n) is 2.62. The van der Waals surface area contributed by atoms with Crippen molar-refractivity contribution in [2.24, 2.45) is 0 Å². The van der Waals surface area contributed by atoms with Gasteiger partial charge < -0.3 is 0 Å². The molecule has 0 N–H and O–H groups in total. The monoisotopic (exact) mass is 262 g/mol. The average Bonchev–Trinajstić information content (AvgIpc) is 2.17. The summed E-state index contributed by atoms with van der Waals surface area (Å²) in [6, 6.07) is 1.88. The first-order valence-corrected chi connectivity index (χ1v) is 7.85. The number of hydrogen-bond acceptors (Lipinski definition) is 4. The molecule has 0 amide bonds. The van der Waals surface area contributed by atoms with E-state index < -0.39 is 15.3 Å². The molecule has 0 saturated carbocycles. The Balaban J connectivity index is 2.89. The Morgan fingerprint density at radius 1 is 1.56 bits per heavy atom. The minimum absolute atomic E-state index is 0.0565. The Kier molecular flexibility index (Phi) is 4.27. The topological polar surface area (TPSA) is 61.2 Å². The number of nitriles is 1. The molecule has 0 aromatic heterocycles. The van der Waals surface area contributed by atoms with Crippen LogP contribution in [0.3, 0.4) is 0 Å². The summed E-state index contributed by atoms with van der Waals surface area (Å²) in [6.45, 7) is 6.82. The van der Waals surface area contributed by atoms with Gasteiger partial charge in [0.25, 0.3) is 0 Å². The summed E-state index contributed by atoms with van der Waals surface area (Å²) in [7, 11) is -3.44. The number of nitrogens with zero attached hydrogens (tertiary/aromatic N) is 2. The van der Waals surface area contributed by atoms with Crippen molar-refractivity contribution < 1.29 is 8.42 Å². The zero-order valence-electron chi connectivity index (χ0n) is 9.93. The molecule has 0 aliphatic carbocycles. The van der Waals surface area contributed by atoms with Crippen LogP contribution in [-0.4, -0.2) is 41.6 Å². The summed E-state index contributed by atoms with van der Waals surface area (Å²) in [6.07, 6.45) is 0.350. The highest BCUT2D eigenvalue weighted by molar-refractivity contribution is 8.00. The number of hydrogen-bond donors (Lipinski definition) is 0. The van der Waals surface area contributed by atoms with Gasteiger partial charge in [0.15, 0.2) is 5.25 Å². The second-order valence-electron chi connectivity index (χ2n) is 4.51. The molecule has 1 atom stereocenters. The van der Waals surface area contributed by atoms with Gasteiger partial charge in [0, 0.05) is 23.6 Å². The van der Waals surface area contributed by atoms with Crippen LogP contribution in [0.15, 0.2) is 0 Å². The van der Waals surface area contributed by atoms with Gasteiger partial charge in [-0.05, 0) is 20.3 Å². The van der Waals surface area contributed by atoms with E-state index in [0.717, 1.165) is 5.75 Å². The molecule has 0 spiro atoms. The molecule has 0 radical (unpaired) electrons. The average molecular weight is 262 g/mol. The van der Waals surface area contributed by atoms with Crippen molar-refractivity contribution in [2.45, 2.75) is 37.2 Å². The van der Waals surface area contributed by atoms with Gasteiger partial charge in [-0.2, -0.15) is 21.3 Å². The first-order valence-electron chi connectivity index (χ1n) is 5.36. The molecule has 1 heterocycles. The van der Waals surface area contributed by atoms with Gasteiger partial charge in [-0.1, -0.05) is 6.92 Å². The molecule has 1 unspecified atom stereocenters. The van der Waals surface area contributed by atoms with E-state index in [-0.39, 0.29) is 4.75 Å². The minimum Gasteiger partial charge on any atom is -0.211 e. The van der Waals surface area contributed by atoms with Crippen molar-refractivity contribution in [1.29, 1.82) is 5.26 Å². The number of thioether (sulfide) groups is 1. The number of sulfonamides is 1. The van der Waals surface area contributed by atoms with Crippen molar-refractivity contribution in [3.05, 3.63) is 0 Å². The van der Waals surface area contributed by atoms with Crippen molar-refractivity contribution in [1.82, 2.24) is 4.31 Å². The molecule has 16 heavy (non-hydrogen) atoms. The van der Waals surface area contributed by atoms with Crippen LogP contribution in [-0.2, 0) is 10.0 Å². The fourth-order valence-electron chi connectivity index (χ4n) is 1.74. The maximum atomic E-state index is 12.1. The van der Waals surface area contributed by atoms with Crippen LogP contribution in [0.2, 0.25) is 0 Å². The van der Waals surface area contributed by atoms with E-state index in [9.17, 15) is 8.42 Å². The van der Waals surface area contributed by atoms with Gasteiger partial charge in [-0.15, -0.1) is 0 Å². The van der Waals surface area contributed by atoms with Crippen molar-refractivity contribution in [3.8, 4) is 6.07 Å². The normalized spacial score (nSPS) is 23.6. The maximum Gasteiger partial charge on any atom is 0.230 e. The Morgan fingerprint density at radius 2 is 2.19 bits per heavy atom. The lowest BCUT2D eigenvalue weighted by molar-refractivity contribution is 0.384. The first kappa shape index (κ1) is 13.8. The molecule has 1 aliphatic rings. The van der Waals surface area contributed by atoms with Gasteiger partial charge in [0.05, 0.1) is 6.07 Å². The smallest absolute Gasteiger partial charge is 0.211 e.